The fourth-order valence-corrected chi connectivity index (χ4v) is 2.88. The molecule has 0 aliphatic carbocycles. The van der Waals surface area contributed by atoms with Crippen LogP contribution in [0.2, 0.25) is 0 Å². The average molecular weight is 285 g/mol. The summed E-state index contributed by atoms with van der Waals surface area (Å²) in [4.78, 5) is 18.6. The molecule has 0 spiro atoms. The Hall–Kier alpha value is -2.21. The summed E-state index contributed by atoms with van der Waals surface area (Å²) in [6.45, 7) is 0.750. The van der Waals surface area contributed by atoms with Gasteiger partial charge in [-0.05, 0) is 30.5 Å². The number of carbonyl (C=O) groups is 1. The van der Waals surface area contributed by atoms with E-state index in [-0.39, 0.29) is 11.9 Å². The standard InChI is InChI=1S/C15H19N5O/c1-19-10-12(9-18-19)14(16)15(21)20-8-2-3-13(20)11-4-6-17-7-5-11/h4-7,9-10,13-14H,2-3,8,16H2,1H3. The predicted octanol–water partition coefficient (Wildman–Crippen LogP) is 1.18. The number of amides is 1. The van der Waals surface area contributed by atoms with E-state index in [0.29, 0.717) is 0 Å². The summed E-state index contributed by atoms with van der Waals surface area (Å²) in [5.41, 5.74) is 7.99. The largest absolute Gasteiger partial charge is 0.334 e. The number of aryl methyl sites for hydroxylation is 1. The number of nitrogens with two attached hydrogens (primary N) is 1. The van der Waals surface area contributed by atoms with Crippen LogP contribution in [0.25, 0.3) is 0 Å². The quantitative estimate of drug-likeness (QED) is 0.918. The molecule has 21 heavy (non-hydrogen) atoms. The van der Waals surface area contributed by atoms with Gasteiger partial charge in [-0.1, -0.05) is 0 Å². The molecule has 1 aliphatic heterocycles. The van der Waals surface area contributed by atoms with Gasteiger partial charge >= 0.3 is 0 Å². The van der Waals surface area contributed by atoms with Crippen molar-refractivity contribution in [2.75, 3.05) is 6.54 Å². The fourth-order valence-electron chi connectivity index (χ4n) is 2.88. The third kappa shape index (κ3) is 2.67. The third-order valence-electron chi connectivity index (χ3n) is 3.98. The van der Waals surface area contributed by atoms with Crippen LogP contribution in [0, 0.1) is 0 Å². The van der Waals surface area contributed by atoms with Crippen molar-refractivity contribution in [2.45, 2.75) is 24.9 Å². The van der Waals surface area contributed by atoms with Gasteiger partial charge in [-0.15, -0.1) is 0 Å². The van der Waals surface area contributed by atoms with E-state index < -0.39 is 6.04 Å². The van der Waals surface area contributed by atoms with Gasteiger partial charge in [0.1, 0.15) is 6.04 Å². The van der Waals surface area contributed by atoms with Crippen molar-refractivity contribution in [3.05, 3.63) is 48.0 Å². The van der Waals surface area contributed by atoms with Gasteiger partial charge in [-0.3, -0.25) is 14.5 Å². The molecule has 6 heteroatoms. The lowest BCUT2D eigenvalue weighted by atomic mass is 10.0. The van der Waals surface area contributed by atoms with Crippen LogP contribution in [-0.4, -0.2) is 32.1 Å². The highest BCUT2D eigenvalue weighted by Gasteiger charge is 2.33. The maximum atomic E-state index is 12.7. The molecule has 6 nitrogen and oxygen atoms in total. The summed E-state index contributed by atoms with van der Waals surface area (Å²) in [7, 11) is 1.82. The van der Waals surface area contributed by atoms with E-state index in [1.165, 1.54) is 0 Å². The van der Waals surface area contributed by atoms with Crippen LogP contribution in [0.4, 0.5) is 0 Å². The molecule has 110 valence electrons. The summed E-state index contributed by atoms with van der Waals surface area (Å²) in [6.07, 6.45) is 8.93. The molecule has 2 aromatic rings. The zero-order valence-corrected chi connectivity index (χ0v) is 12.0. The van der Waals surface area contributed by atoms with E-state index in [1.54, 1.807) is 29.5 Å². The Morgan fingerprint density at radius 1 is 1.43 bits per heavy atom. The summed E-state index contributed by atoms with van der Waals surface area (Å²) >= 11 is 0. The smallest absolute Gasteiger partial charge is 0.244 e. The van der Waals surface area contributed by atoms with Crippen molar-refractivity contribution in [2.24, 2.45) is 12.8 Å². The number of pyridine rings is 1. The summed E-state index contributed by atoms with van der Waals surface area (Å²) < 4.78 is 1.66. The van der Waals surface area contributed by atoms with E-state index in [1.807, 2.05) is 24.1 Å². The van der Waals surface area contributed by atoms with Crippen molar-refractivity contribution >= 4 is 5.91 Å². The lowest BCUT2D eigenvalue weighted by Gasteiger charge is -2.27. The molecule has 0 saturated carbocycles. The van der Waals surface area contributed by atoms with Crippen LogP contribution in [0.5, 0.6) is 0 Å². The topological polar surface area (TPSA) is 77.0 Å². The molecule has 2 N–H and O–H groups in total. The van der Waals surface area contributed by atoms with Gasteiger partial charge in [0.15, 0.2) is 0 Å². The van der Waals surface area contributed by atoms with Crippen LogP contribution >= 0.6 is 0 Å². The molecule has 3 heterocycles. The van der Waals surface area contributed by atoms with Crippen molar-refractivity contribution in [3.8, 4) is 0 Å². The molecule has 0 radical (unpaired) electrons. The van der Waals surface area contributed by atoms with Gasteiger partial charge in [0.05, 0.1) is 12.2 Å². The zero-order valence-electron chi connectivity index (χ0n) is 12.0. The minimum atomic E-state index is -0.652. The van der Waals surface area contributed by atoms with E-state index in [0.717, 1.165) is 30.5 Å². The number of hydrogen-bond acceptors (Lipinski definition) is 4. The summed E-state index contributed by atoms with van der Waals surface area (Å²) in [6, 6.07) is 3.38. The van der Waals surface area contributed by atoms with Crippen molar-refractivity contribution < 1.29 is 4.79 Å². The molecule has 1 amide bonds. The van der Waals surface area contributed by atoms with Crippen molar-refractivity contribution in [3.63, 3.8) is 0 Å². The van der Waals surface area contributed by atoms with Gasteiger partial charge in [0.2, 0.25) is 5.91 Å². The van der Waals surface area contributed by atoms with E-state index in [4.69, 9.17) is 5.73 Å². The molecule has 1 saturated heterocycles. The van der Waals surface area contributed by atoms with Gasteiger partial charge < -0.3 is 10.6 Å². The Kier molecular flexibility index (Phi) is 3.70. The summed E-state index contributed by atoms with van der Waals surface area (Å²) in [5, 5.41) is 4.08. The normalized spacial score (nSPS) is 19.7. The number of aromatic nitrogens is 3. The van der Waals surface area contributed by atoms with Crippen molar-refractivity contribution in [1.29, 1.82) is 0 Å². The first-order valence-electron chi connectivity index (χ1n) is 7.11. The predicted molar refractivity (Wildman–Crippen MR) is 78.1 cm³/mol. The second-order valence-corrected chi connectivity index (χ2v) is 5.40. The van der Waals surface area contributed by atoms with E-state index >= 15 is 0 Å². The fraction of sp³-hybridized carbons (Fsp3) is 0.400. The van der Waals surface area contributed by atoms with Crippen LogP contribution in [-0.2, 0) is 11.8 Å². The molecular weight excluding hydrogens is 266 g/mol. The van der Waals surface area contributed by atoms with Crippen molar-refractivity contribution in [1.82, 2.24) is 19.7 Å². The minimum absolute atomic E-state index is 0.0395. The Balaban J connectivity index is 1.80. The number of hydrogen-bond donors (Lipinski definition) is 1. The first-order valence-corrected chi connectivity index (χ1v) is 7.11. The Morgan fingerprint density at radius 2 is 2.19 bits per heavy atom. The lowest BCUT2D eigenvalue weighted by molar-refractivity contribution is -0.133. The van der Waals surface area contributed by atoms with Gasteiger partial charge in [0, 0.05) is 37.7 Å². The third-order valence-corrected chi connectivity index (χ3v) is 3.98. The van der Waals surface area contributed by atoms with Crippen LogP contribution in [0.15, 0.2) is 36.9 Å². The Labute approximate surface area is 123 Å². The lowest BCUT2D eigenvalue weighted by Crippen LogP contribution is -2.38. The number of nitrogens with zero attached hydrogens (tertiary/aromatic N) is 4. The molecule has 1 aliphatic rings. The van der Waals surface area contributed by atoms with Crippen LogP contribution in [0.3, 0.4) is 0 Å². The van der Waals surface area contributed by atoms with Crippen LogP contribution < -0.4 is 5.73 Å². The molecule has 0 aromatic carbocycles. The van der Waals surface area contributed by atoms with Crippen LogP contribution in [0.1, 0.15) is 36.1 Å². The number of carbonyl (C=O) groups excluding carboxylic acids is 1. The Morgan fingerprint density at radius 3 is 2.86 bits per heavy atom. The molecule has 2 unspecified atom stereocenters. The highest BCUT2D eigenvalue weighted by Crippen LogP contribution is 2.33. The van der Waals surface area contributed by atoms with E-state index in [2.05, 4.69) is 10.1 Å². The SMILES string of the molecule is Cn1cc(C(N)C(=O)N2CCCC2c2ccncc2)cn1. The first-order chi connectivity index (χ1) is 10.2. The van der Waals surface area contributed by atoms with Gasteiger partial charge in [0.25, 0.3) is 0 Å². The molecule has 0 bridgehead atoms. The zero-order chi connectivity index (χ0) is 14.8. The van der Waals surface area contributed by atoms with Gasteiger partial charge in [-0.2, -0.15) is 5.10 Å². The average Bonchev–Trinajstić information content (AvgIpc) is 3.15. The second kappa shape index (κ2) is 5.65. The molecule has 2 atom stereocenters. The molecule has 3 rings (SSSR count). The molecule has 2 aromatic heterocycles. The molecule has 1 fully saturated rings. The maximum absolute atomic E-state index is 12.7. The second-order valence-electron chi connectivity index (χ2n) is 5.40. The number of rotatable bonds is 3. The highest BCUT2D eigenvalue weighted by molar-refractivity contribution is 5.83. The highest BCUT2D eigenvalue weighted by atomic mass is 16.2. The minimum Gasteiger partial charge on any atom is -0.334 e. The van der Waals surface area contributed by atoms with Gasteiger partial charge in [-0.25, -0.2) is 0 Å². The number of likely N-dealkylation sites (tertiary alicyclic amines) is 1. The molecular formula is C15H19N5O. The first kappa shape index (κ1) is 13.8. The summed E-state index contributed by atoms with van der Waals surface area (Å²) in [5.74, 6) is -0.0395. The maximum Gasteiger partial charge on any atom is 0.244 e. The monoisotopic (exact) mass is 285 g/mol. The van der Waals surface area contributed by atoms with E-state index in [9.17, 15) is 4.79 Å². The Bertz CT molecular complexity index is 624.